The van der Waals surface area contributed by atoms with Crippen molar-refractivity contribution in [2.24, 2.45) is 0 Å². The first kappa shape index (κ1) is 62.2. The van der Waals surface area contributed by atoms with E-state index in [0.29, 0.717) is 11.1 Å². The molecule has 4 aromatic carbocycles. The molecule has 9 rings (SSSR count). The molecule has 4 fully saturated rings. The van der Waals surface area contributed by atoms with E-state index in [0.717, 1.165) is 24.3 Å². The summed E-state index contributed by atoms with van der Waals surface area (Å²) in [5.74, 6) is -4.59. The van der Waals surface area contributed by atoms with Crippen molar-refractivity contribution >= 4 is 35.1 Å². The Kier molecular flexibility index (Phi) is 19.4. The standard InChI is InChI=1S/C57H62O28/c1-23-39(64)44(69)47(72)54(77-23)79-31-19-32(61)38-33(20-31)80-50(27-9-15-30(60)16-10-27)52(43(38)68)84-57-53(85-56-49(74)46(71)42(67)35(82-56)22-76-37(63)18-8-26-5-13-29(59)14-6-26)51(40(65)24(2)78-57)83-55-48(73)45(70)41(66)34(81-55)21-75-36(62)17-7-25-3-11-28(58)12-4-25/h3-20,23-24,34-35,39-42,44-49,51,53-61,64-67,69-74H,21-22H2,1-2H3/t23-,24-,34+,35+,39-,40-,41+,42+,44+,45-,46-,47+,48+,49+,51+,53+,54-,55-,56-,57-/m0/s1. The van der Waals surface area contributed by atoms with Gasteiger partial charge >= 0.3 is 11.9 Å². The Morgan fingerprint density at radius 3 is 1.46 bits per heavy atom. The average Bonchev–Trinajstić information content (AvgIpc) is 3.19. The van der Waals surface area contributed by atoms with Crippen LogP contribution in [0.4, 0.5) is 0 Å². The zero-order valence-corrected chi connectivity index (χ0v) is 44.8. The Balaban J connectivity index is 1.05. The lowest BCUT2D eigenvalue weighted by molar-refractivity contribution is -0.382. The topological polar surface area (TPSA) is 440 Å². The third-order valence-electron chi connectivity index (χ3n) is 14.4. The zero-order valence-electron chi connectivity index (χ0n) is 44.8. The number of aliphatic hydroxyl groups excluding tert-OH is 10. The molecule has 1 aromatic heterocycles. The number of carbonyl (C=O) groups excluding carboxylic acids is 2. The molecule has 28 nitrogen and oxygen atoms in total. The molecule has 28 heteroatoms. The highest BCUT2D eigenvalue weighted by molar-refractivity contribution is 5.89. The first-order valence-corrected chi connectivity index (χ1v) is 26.4. The van der Waals surface area contributed by atoms with E-state index in [1.165, 1.54) is 98.8 Å². The van der Waals surface area contributed by atoms with Crippen LogP contribution in [0.15, 0.2) is 106 Å². The fraction of sp³-hybridized carbons (Fsp3) is 0.421. The van der Waals surface area contributed by atoms with Crippen molar-refractivity contribution in [2.75, 3.05) is 13.2 Å². The first-order chi connectivity index (χ1) is 40.4. The van der Waals surface area contributed by atoms with E-state index >= 15 is 0 Å². The van der Waals surface area contributed by atoms with E-state index in [1.807, 2.05) is 0 Å². The molecule has 5 aromatic rings. The van der Waals surface area contributed by atoms with E-state index in [-0.39, 0.29) is 28.6 Å². The maximum Gasteiger partial charge on any atom is 0.330 e. The Morgan fingerprint density at radius 1 is 0.494 bits per heavy atom. The van der Waals surface area contributed by atoms with Crippen LogP contribution in [-0.2, 0) is 47.5 Å². The van der Waals surface area contributed by atoms with Crippen LogP contribution in [0, 0.1) is 0 Å². The van der Waals surface area contributed by atoms with E-state index in [9.17, 15) is 85.9 Å². The van der Waals surface area contributed by atoms with Crippen LogP contribution in [0.1, 0.15) is 25.0 Å². The average molecular weight is 1200 g/mol. The molecule has 0 spiro atoms. The summed E-state index contributed by atoms with van der Waals surface area (Å²) < 4.78 is 64.8. The van der Waals surface area contributed by atoms with Gasteiger partial charge in [-0.1, -0.05) is 24.3 Å². The number of hydrogen-bond acceptors (Lipinski definition) is 28. The molecule has 0 amide bonds. The van der Waals surface area contributed by atoms with Gasteiger partial charge in [-0.15, -0.1) is 0 Å². The second-order valence-electron chi connectivity index (χ2n) is 20.4. The SMILES string of the molecule is C[C@@H]1O[C@@H](Oc2cc(O)c3c(=O)c(O[C@@H]4O[C@@H](C)[C@H](O)[C@@H](O[C@@H]5O[C@H](COC(=O)C=Cc6ccc(O)cc6)[C@@H](O)[C@H](O)[C@H]5O)[C@H]4O[C@@H]4O[C@H](COC(=O)C=Cc5ccc(O)cc5)[C@@H](O)[C@H](O)[C@H]4O)c(-c4ccc(O)cc4)oc3c2)[C@H](O)[C@H](O)[C@H]1O. The molecule has 5 heterocycles. The molecule has 0 aliphatic carbocycles. The highest BCUT2D eigenvalue weighted by atomic mass is 16.8. The van der Waals surface area contributed by atoms with Crippen molar-refractivity contribution in [3.05, 3.63) is 118 Å². The predicted octanol–water partition coefficient (Wildman–Crippen LogP) is -1.13. The fourth-order valence-electron chi connectivity index (χ4n) is 9.54. The number of carbonyl (C=O) groups is 2. The Labute approximate surface area is 480 Å². The van der Waals surface area contributed by atoms with Gasteiger partial charge in [0, 0.05) is 29.8 Å². The van der Waals surface area contributed by atoms with E-state index in [4.69, 9.17) is 51.8 Å². The highest BCUT2D eigenvalue weighted by Gasteiger charge is 2.55. The van der Waals surface area contributed by atoms with Crippen LogP contribution >= 0.6 is 0 Å². The second-order valence-corrected chi connectivity index (χ2v) is 20.4. The number of phenolic OH excluding ortho intramolecular Hbond substituents is 4. The number of aliphatic hydroxyl groups is 10. The van der Waals surface area contributed by atoms with Crippen molar-refractivity contribution in [3.63, 3.8) is 0 Å². The maximum absolute atomic E-state index is 14.9. The molecule has 4 aliphatic heterocycles. The number of aromatic hydroxyl groups is 4. The minimum Gasteiger partial charge on any atom is -0.508 e. The molecule has 0 saturated carbocycles. The van der Waals surface area contributed by atoms with Gasteiger partial charge in [0.05, 0.1) is 12.2 Å². The van der Waals surface area contributed by atoms with Gasteiger partial charge in [-0.2, -0.15) is 0 Å². The number of ether oxygens (including phenoxy) is 10. The van der Waals surface area contributed by atoms with E-state index < -0.39 is 182 Å². The van der Waals surface area contributed by atoms with Crippen LogP contribution in [0.5, 0.6) is 34.5 Å². The molecule has 0 unspecified atom stereocenters. The second kappa shape index (κ2) is 26.5. The summed E-state index contributed by atoms with van der Waals surface area (Å²) in [5, 5.41) is 151. The van der Waals surface area contributed by atoms with Gasteiger partial charge in [-0.25, -0.2) is 9.59 Å². The third-order valence-corrected chi connectivity index (χ3v) is 14.4. The summed E-state index contributed by atoms with van der Waals surface area (Å²) in [5.41, 5.74) is -0.560. The number of hydrogen-bond donors (Lipinski definition) is 14. The van der Waals surface area contributed by atoms with E-state index in [2.05, 4.69) is 0 Å². The van der Waals surface area contributed by atoms with Gasteiger partial charge in [0.15, 0.2) is 24.4 Å². The van der Waals surface area contributed by atoms with Crippen molar-refractivity contribution < 1.29 is 133 Å². The van der Waals surface area contributed by atoms with Gasteiger partial charge in [0.2, 0.25) is 23.8 Å². The minimum atomic E-state index is -2.21. The lowest BCUT2D eigenvalue weighted by atomic mass is 9.96. The summed E-state index contributed by atoms with van der Waals surface area (Å²) in [6.07, 6.45) is -32.7. The molecular weight excluding hydrogens is 1130 g/mol. The minimum absolute atomic E-state index is 0.0102. The van der Waals surface area contributed by atoms with E-state index in [1.54, 1.807) is 0 Å². The van der Waals surface area contributed by atoms with Gasteiger partial charge in [-0.05, 0) is 85.7 Å². The molecule has 85 heavy (non-hydrogen) atoms. The monoisotopic (exact) mass is 1190 g/mol. The fourth-order valence-corrected chi connectivity index (χ4v) is 9.54. The molecule has 4 saturated heterocycles. The predicted molar refractivity (Wildman–Crippen MR) is 285 cm³/mol. The van der Waals surface area contributed by atoms with Crippen LogP contribution in [0.2, 0.25) is 0 Å². The molecule has 0 bridgehead atoms. The Bertz CT molecular complexity index is 3230. The van der Waals surface area contributed by atoms with Crippen molar-refractivity contribution in [2.45, 2.75) is 137 Å². The van der Waals surface area contributed by atoms with Gasteiger partial charge in [0.1, 0.15) is 132 Å². The lowest BCUT2D eigenvalue weighted by Crippen LogP contribution is -2.67. The number of esters is 2. The Morgan fingerprint density at radius 2 is 0.941 bits per heavy atom. The summed E-state index contributed by atoms with van der Waals surface area (Å²) in [7, 11) is 0. The summed E-state index contributed by atoms with van der Waals surface area (Å²) >= 11 is 0. The highest BCUT2D eigenvalue weighted by Crippen LogP contribution is 2.41. The van der Waals surface area contributed by atoms with Crippen molar-refractivity contribution in [3.8, 4) is 45.8 Å². The van der Waals surface area contributed by atoms with Crippen LogP contribution in [0.25, 0.3) is 34.4 Å². The van der Waals surface area contributed by atoms with Gasteiger partial charge in [-0.3, -0.25) is 4.79 Å². The smallest absolute Gasteiger partial charge is 0.330 e. The largest absolute Gasteiger partial charge is 0.508 e. The lowest BCUT2D eigenvalue weighted by Gasteiger charge is -2.48. The maximum atomic E-state index is 14.9. The van der Waals surface area contributed by atoms with Gasteiger partial charge in [0.25, 0.3) is 0 Å². The molecule has 4 aliphatic rings. The summed E-state index contributed by atoms with van der Waals surface area (Å²) in [6.45, 7) is 1.12. The molecule has 14 N–H and O–H groups in total. The molecular formula is C57H62O28. The third kappa shape index (κ3) is 14.0. The normalized spacial score (nSPS) is 33.4. The summed E-state index contributed by atoms with van der Waals surface area (Å²) in [6, 6.07) is 18.5. The van der Waals surface area contributed by atoms with Crippen LogP contribution in [-0.4, -0.2) is 219 Å². The number of rotatable bonds is 17. The van der Waals surface area contributed by atoms with Crippen molar-refractivity contribution in [1.82, 2.24) is 0 Å². The van der Waals surface area contributed by atoms with Crippen molar-refractivity contribution in [1.29, 1.82) is 0 Å². The zero-order chi connectivity index (χ0) is 61.1. The summed E-state index contributed by atoms with van der Waals surface area (Å²) in [4.78, 5) is 40.6. The molecule has 458 valence electrons. The number of phenols is 4. The van der Waals surface area contributed by atoms with Crippen LogP contribution in [0.3, 0.4) is 0 Å². The molecule has 0 radical (unpaired) electrons. The van der Waals surface area contributed by atoms with Crippen LogP contribution < -0.4 is 14.9 Å². The molecule has 20 atom stereocenters. The quantitative estimate of drug-likeness (QED) is 0.0387. The number of benzene rings is 4. The Hall–Kier alpha value is -7.33. The number of fused-ring (bicyclic) bond motifs is 1. The van der Waals surface area contributed by atoms with Gasteiger partial charge < -0.3 is 123 Å². The first-order valence-electron chi connectivity index (χ1n) is 26.4.